The SMILES string of the molecule is O=[N+]([O-])c1ccc([O-])c(NCn2nnc3ccccc32)c1. The zero-order valence-corrected chi connectivity index (χ0v) is 10.8. The Labute approximate surface area is 118 Å². The normalized spacial score (nSPS) is 10.7. The van der Waals surface area contributed by atoms with Crippen molar-refractivity contribution in [2.24, 2.45) is 0 Å². The van der Waals surface area contributed by atoms with E-state index in [2.05, 4.69) is 15.6 Å². The van der Waals surface area contributed by atoms with Gasteiger partial charge in [-0.1, -0.05) is 29.2 Å². The monoisotopic (exact) mass is 284 g/mol. The van der Waals surface area contributed by atoms with Crippen LogP contribution in [0.1, 0.15) is 0 Å². The van der Waals surface area contributed by atoms with E-state index in [1.54, 1.807) is 4.68 Å². The van der Waals surface area contributed by atoms with Crippen molar-refractivity contribution in [2.75, 3.05) is 5.32 Å². The summed E-state index contributed by atoms with van der Waals surface area (Å²) in [4.78, 5) is 10.2. The van der Waals surface area contributed by atoms with Gasteiger partial charge in [0.2, 0.25) is 0 Å². The van der Waals surface area contributed by atoms with Crippen LogP contribution in [-0.2, 0) is 6.67 Å². The predicted molar refractivity (Wildman–Crippen MR) is 73.7 cm³/mol. The molecule has 0 spiro atoms. The standard InChI is InChI=1S/C13H11N5O3/c19-13-6-5-9(18(20)21)7-11(13)14-8-17-12-4-2-1-3-10(12)15-16-17/h1-7,14,19H,8H2/p-1. The van der Waals surface area contributed by atoms with E-state index >= 15 is 0 Å². The number of anilines is 1. The van der Waals surface area contributed by atoms with Crippen LogP contribution in [-0.4, -0.2) is 19.9 Å². The number of hydrogen-bond donors (Lipinski definition) is 1. The Balaban J connectivity index is 1.84. The van der Waals surface area contributed by atoms with Gasteiger partial charge >= 0.3 is 0 Å². The van der Waals surface area contributed by atoms with Crippen LogP contribution in [0.3, 0.4) is 0 Å². The molecule has 1 heterocycles. The second kappa shape index (κ2) is 5.08. The lowest BCUT2D eigenvalue weighted by atomic mass is 10.2. The highest BCUT2D eigenvalue weighted by molar-refractivity contribution is 5.74. The van der Waals surface area contributed by atoms with Gasteiger partial charge in [0, 0.05) is 17.8 Å². The summed E-state index contributed by atoms with van der Waals surface area (Å²) in [6.07, 6.45) is 0. The van der Waals surface area contributed by atoms with E-state index in [-0.39, 0.29) is 23.8 Å². The molecule has 8 heteroatoms. The first-order valence-electron chi connectivity index (χ1n) is 6.13. The summed E-state index contributed by atoms with van der Waals surface area (Å²) in [7, 11) is 0. The minimum absolute atomic E-state index is 0.138. The van der Waals surface area contributed by atoms with E-state index in [4.69, 9.17) is 0 Å². The molecule has 0 saturated heterocycles. The molecule has 3 rings (SSSR count). The van der Waals surface area contributed by atoms with Crippen LogP contribution in [0.2, 0.25) is 0 Å². The molecule has 0 saturated carbocycles. The smallest absolute Gasteiger partial charge is 0.271 e. The quantitative estimate of drug-likeness (QED) is 0.574. The van der Waals surface area contributed by atoms with Gasteiger partial charge in [-0.25, -0.2) is 4.68 Å². The Morgan fingerprint density at radius 3 is 2.86 bits per heavy atom. The second-order valence-corrected chi connectivity index (χ2v) is 4.35. The molecule has 21 heavy (non-hydrogen) atoms. The summed E-state index contributed by atoms with van der Waals surface area (Å²) in [5, 5.41) is 33.2. The molecule has 0 fully saturated rings. The van der Waals surface area contributed by atoms with Crippen molar-refractivity contribution in [3.8, 4) is 5.75 Å². The van der Waals surface area contributed by atoms with Crippen LogP contribution in [0.5, 0.6) is 5.75 Å². The third kappa shape index (κ3) is 2.46. The van der Waals surface area contributed by atoms with Gasteiger partial charge in [-0.15, -0.1) is 5.10 Å². The minimum atomic E-state index is -0.546. The van der Waals surface area contributed by atoms with Crippen molar-refractivity contribution in [1.82, 2.24) is 15.0 Å². The number of para-hydroxylation sites is 1. The van der Waals surface area contributed by atoms with E-state index in [0.717, 1.165) is 11.0 Å². The molecule has 0 radical (unpaired) electrons. The minimum Gasteiger partial charge on any atom is -0.871 e. The van der Waals surface area contributed by atoms with Gasteiger partial charge in [0.1, 0.15) is 12.2 Å². The zero-order chi connectivity index (χ0) is 14.8. The van der Waals surface area contributed by atoms with Crippen molar-refractivity contribution in [2.45, 2.75) is 6.67 Å². The molecule has 1 N–H and O–H groups in total. The molecule has 3 aromatic rings. The van der Waals surface area contributed by atoms with Gasteiger partial charge in [0.05, 0.1) is 10.4 Å². The van der Waals surface area contributed by atoms with Crippen LogP contribution in [0.15, 0.2) is 42.5 Å². The summed E-state index contributed by atoms with van der Waals surface area (Å²) >= 11 is 0. The maximum atomic E-state index is 11.7. The van der Waals surface area contributed by atoms with Crippen LogP contribution >= 0.6 is 0 Å². The molecule has 2 aromatic carbocycles. The fourth-order valence-electron chi connectivity index (χ4n) is 1.96. The molecular formula is C13H10N5O3-. The first kappa shape index (κ1) is 12.9. The number of nitrogens with zero attached hydrogens (tertiary/aromatic N) is 4. The highest BCUT2D eigenvalue weighted by Gasteiger charge is 2.07. The second-order valence-electron chi connectivity index (χ2n) is 4.35. The van der Waals surface area contributed by atoms with Crippen molar-refractivity contribution in [3.63, 3.8) is 0 Å². The van der Waals surface area contributed by atoms with Gasteiger partial charge in [-0.2, -0.15) is 0 Å². The van der Waals surface area contributed by atoms with Crippen molar-refractivity contribution < 1.29 is 10.0 Å². The largest absolute Gasteiger partial charge is 0.871 e. The summed E-state index contributed by atoms with van der Waals surface area (Å²) in [6, 6.07) is 10.9. The molecule has 0 aliphatic heterocycles. The van der Waals surface area contributed by atoms with Crippen LogP contribution < -0.4 is 10.4 Å². The van der Waals surface area contributed by atoms with Crippen molar-refractivity contribution in [1.29, 1.82) is 0 Å². The topological polar surface area (TPSA) is 109 Å². The van der Waals surface area contributed by atoms with E-state index in [1.807, 2.05) is 24.3 Å². The Morgan fingerprint density at radius 2 is 2.05 bits per heavy atom. The lowest BCUT2D eigenvalue weighted by Gasteiger charge is -2.14. The maximum Gasteiger partial charge on any atom is 0.271 e. The molecule has 1 aromatic heterocycles. The van der Waals surface area contributed by atoms with E-state index in [1.165, 1.54) is 18.2 Å². The Morgan fingerprint density at radius 1 is 1.24 bits per heavy atom. The number of nitrogens with one attached hydrogen (secondary N) is 1. The lowest BCUT2D eigenvalue weighted by Crippen LogP contribution is -2.11. The highest BCUT2D eigenvalue weighted by atomic mass is 16.6. The molecule has 0 bridgehead atoms. The summed E-state index contributed by atoms with van der Waals surface area (Å²) < 4.78 is 1.58. The van der Waals surface area contributed by atoms with Crippen LogP contribution in [0, 0.1) is 10.1 Å². The number of non-ortho nitro benzene ring substituents is 1. The van der Waals surface area contributed by atoms with E-state index < -0.39 is 4.92 Å². The Hall–Kier alpha value is -3.16. The fraction of sp³-hybridized carbons (Fsp3) is 0.0769. The molecule has 0 aliphatic rings. The molecule has 0 aliphatic carbocycles. The van der Waals surface area contributed by atoms with Crippen LogP contribution in [0.4, 0.5) is 11.4 Å². The summed E-state index contributed by atoms with van der Waals surface area (Å²) in [5.74, 6) is -0.315. The molecule has 0 unspecified atom stereocenters. The Bertz CT molecular complexity index is 814. The van der Waals surface area contributed by atoms with Crippen molar-refractivity contribution in [3.05, 3.63) is 52.6 Å². The lowest BCUT2D eigenvalue weighted by molar-refractivity contribution is -0.385. The average Bonchev–Trinajstić information content (AvgIpc) is 2.89. The fourth-order valence-corrected chi connectivity index (χ4v) is 1.96. The van der Waals surface area contributed by atoms with Gasteiger partial charge in [-0.05, 0) is 12.1 Å². The number of rotatable bonds is 4. The molecule has 0 amide bonds. The average molecular weight is 284 g/mol. The third-order valence-corrected chi connectivity index (χ3v) is 3.01. The molecular weight excluding hydrogens is 274 g/mol. The van der Waals surface area contributed by atoms with Gasteiger partial charge < -0.3 is 10.4 Å². The number of fused-ring (bicyclic) bond motifs is 1. The molecule has 8 nitrogen and oxygen atoms in total. The first-order valence-corrected chi connectivity index (χ1v) is 6.13. The summed E-state index contributed by atoms with van der Waals surface area (Å²) in [6.45, 7) is 0.191. The number of benzene rings is 2. The number of nitro benzene ring substituents is 1. The highest BCUT2D eigenvalue weighted by Crippen LogP contribution is 2.25. The first-order chi connectivity index (χ1) is 10.1. The third-order valence-electron chi connectivity index (χ3n) is 3.01. The number of aromatic nitrogens is 3. The summed E-state index contributed by atoms with van der Waals surface area (Å²) in [5.41, 5.74) is 1.56. The predicted octanol–water partition coefficient (Wildman–Crippen LogP) is 1.48. The number of hydrogen-bond acceptors (Lipinski definition) is 6. The van der Waals surface area contributed by atoms with Gasteiger partial charge in [-0.3, -0.25) is 10.1 Å². The Kier molecular flexibility index (Phi) is 3.11. The molecule has 0 atom stereocenters. The van der Waals surface area contributed by atoms with Gasteiger partial charge in [0.25, 0.3) is 5.69 Å². The zero-order valence-electron chi connectivity index (χ0n) is 10.8. The van der Waals surface area contributed by atoms with E-state index in [9.17, 15) is 15.2 Å². The molecule has 106 valence electrons. The van der Waals surface area contributed by atoms with E-state index in [0.29, 0.717) is 0 Å². The van der Waals surface area contributed by atoms with Crippen LogP contribution in [0.25, 0.3) is 11.0 Å². The van der Waals surface area contributed by atoms with Crippen molar-refractivity contribution >= 4 is 22.4 Å². The van der Waals surface area contributed by atoms with Gasteiger partial charge in [0.15, 0.2) is 0 Å². The maximum absolute atomic E-state index is 11.7. The number of nitro groups is 1.